The molecule has 2 heterocycles. The average Bonchev–Trinajstić information content (AvgIpc) is 3.79. The Hall–Kier alpha value is -6.42. The standard InChI is InChI=1S/C48H31NOS/c1-3-12-32(13-4-1)33-22-26-36(27-23-33)49(37-28-24-35(25-29-37)39-18-11-19-41-40-16-8-10-21-45(40)51-48(39)41)43-31-30-38(34-14-5-2-6-15-34)46-42-17-7-9-20-44(42)50-47(43)46/h1-31H. The highest BCUT2D eigenvalue weighted by Gasteiger charge is 2.22. The Morgan fingerprint density at radius 2 is 0.961 bits per heavy atom. The Morgan fingerprint density at radius 1 is 0.392 bits per heavy atom. The van der Waals surface area contributed by atoms with Crippen molar-refractivity contribution in [2.24, 2.45) is 0 Å². The molecule has 51 heavy (non-hydrogen) atoms. The molecule has 0 amide bonds. The summed E-state index contributed by atoms with van der Waals surface area (Å²) in [6.45, 7) is 0. The van der Waals surface area contributed by atoms with Crippen molar-refractivity contribution in [3.63, 3.8) is 0 Å². The Kier molecular flexibility index (Phi) is 7.04. The van der Waals surface area contributed by atoms with Crippen molar-refractivity contribution in [3.05, 3.63) is 188 Å². The van der Waals surface area contributed by atoms with Crippen molar-refractivity contribution in [1.29, 1.82) is 0 Å². The summed E-state index contributed by atoms with van der Waals surface area (Å²) in [7, 11) is 0. The average molecular weight is 670 g/mol. The Morgan fingerprint density at radius 3 is 1.71 bits per heavy atom. The van der Waals surface area contributed by atoms with Gasteiger partial charge in [-0.15, -0.1) is 11.3 Å². The monoisotopic (exact) mass is 669 g/mol. The summed E-state index contributed by atoms with van der Waals surface area (Å²) in [4.78, 5) is 2.33. The van der Waals surface area contributed by atoms with Gasteiger partial charge in [0.25, 0.3) is 0 Å². The number of rotatable bonds is 6. The third kappa shape index (κ3) is 5.01. The van der Waals surface area contributed by atoms with Gasteiger partial charge >= 0.3 is 0 Å². The van der Waals surface area contributed by atoms with Gasteiger partial charge in [0, 0.05) is 42.3 Å². The number of para-hydroxylation sites is 1. The van der Waals surface area contributed by atoms with Gasteiger partial charge in [-0.05, 0) is 75.8 Å². The smallest absolute Gasteiger partial charge is 0.160 e. The van der Waals surface area contributed by atoms with E-state index < -0.39 is 0 Å². The van der Waals surface area contributed by atoms with Gasteiger partial charge in [0.15, 0.2) is 5.58 Å². The second-order valence-electron chi connectivity index (χ2n) is 12.9. The highest BCUT2D eigenvalue weighted by Crippen LogP contribution is 2.47. The number of hydrogen-bond acceptors (Lipinski definition) is 3. The topological polar surface area (TPSA) is 16.4 Å². The first kappa shape index (κ1) is 29.5. The number of benzene rings is 8. The molecule has 0 aliphatic carbocycles. The molecule has 0 unspecified atom stereocenters. The van der Waals surface area contributed by atoms with Crippen LogP contribution in [0.4, 0.5) is 17.1 Å². The van der Waals surface area contributed by atoms with Crippen LogP contribution in [0.3, 0.4) is 0 Å². The fourth-order valence-electron chi connectivity index (χ4n) is 7.47. The second kappa shape index (κ2) is 12.2. The molecule has 2 aromatic heterocycles. The number of hydrogen-bond donors (Lipinski definition) is 0. The van der Waals surface area contributed by atoms with Crippen molar-refractivity contribution >= 4 is 70.5 Å². The molecule has 10 aromatic rings. The molecular weight excluding hydrogens is 639 g/mol. The third-order valence-electron chi connectivity index (χ3n) is 9.90. The van der Waals surface area contributed by atoms with Gasteiger partial charge in [-0.3, -0.25) is 0 Å². The van der Waals surface area contributed by atoms with Gasteiger partial charge in [0.1, 0.15) is 5.58 Å². The van der Waals surface area contributed by atoms with E-state index in [0.29, 0.717) is 0 Å². The minimum Gasteiger partial charge on any atom is -0.454 e. The van der Waals surface area contributed by atoms with Gasteiger partial charge in [0.05, 0.1) is 5.69 Å². The molecule has 0 saturated carbocycles. The van der Waals surface area contributed by atoms with E-state index in [1.807, 2.05) is 17.4 Å². The number of fused-ring (bicyclic) bond motifs is 6. The molecule has 0 aliphatic rings. The van der Waals surface area contributed by atoms with Crippen molar-refractivity contribution in [2.75, 3.05) is 4.90 Å². The summed E-state index contributed by atoms with van der Waals surface area (Å²) >= 11 is 1.87. The molecule has 10 rings (SSSR count). The maximum atomic E-state index is 6.79. The van der Waals surface area contributed by atoms with Crippen LogP contribution in [0.2, 0.25) is 0 Å². The Labute approximate surface area is 300 Å². The van der Waals surface area contributed by atoms with Crippen LogP contribution in [0.1, 0.15) is 0 Å². The second-order valence-corrected chi connectivity index (χ2v) is 13.9. The number of furan rings is 1. The molecule has 8 aromatic carbocycles. The van der Waals surface area contributed by atoms with E-state index in [4.69, 9.17) is 4.42 Å². The molecule has 0 N–H and O–H groups in total. The Bertz CT molecular complexity index is 2830. The van der Waals surface area contributed by atoms with Crippen molar-refractivity contribution in [3.8, 4) is 33.4 Å². The van der Waals surface area contributed by atoms with Gasteiger partial charge in [-0.25, -0.2) is 0 Å². The lowest BCUT2D eigenvalue weighted by atomic mass is 9.98. The van der Waals surface area contributed by atoms with Gasteiger partial charge < -0.3 is 9.32 Å². The fraction of sp³-hybridized carbons (Fsp3) is 0. The van der Waals surface area contributed by atoms with Gasteiger partial charge in [-0.1, -0.05) is 146 Å². The summed E-state index contributed by atoms with van der Waals surface area (Å²) in [5.41, 5.74) is 12.0. The fourth-order valence-corrected chi connectivity index (χ4v) is 8.71. The zero-order valence-corrected chi connectivity index (χ0v) is 28.5. The molecule has 0 atom stereocenters. The van der Waals surface area contributed by atoms with Crippen molar-refractivity contribution in [2.45, 2.75) is 0 Å². The van der Waals surface area contributed by atoms with Crippen LogP contribution in [-0.4, -0.2) is 0 Å². The predicted octanol–water partition coefficient (Wildman–Crippen LogP) is 14.4. The number of nitrogens with zero attached hydrogens (tertiary/aromatic N) is 1. The molecule has 0 spiro atoms. The summed E-state index contributed by atoms with van der Waals surface area (Å²) in [5.74, 6) is 0. The van der Waals surface area contributed by atoms with E-state index >= 15 is 0 Å². The normalized spacial score (nSPS) is 11.5. The minimum atomic E-state index is 0.865. The van der Waals surface area contributed by atoms with Crippen LogP contribution in [0.25, 0.3) is 75.5 Å². The molecule has 0 saturated heterocycles. The summed E-state index contributed by atoms with van der Waals surface area (Å²) in [6, 6.07) is 67.2. The molecule has 0 fully saturated rings. The summed E-state index contributed by atoms with van der Waals surface area (Å²) in [6.07, 6.45) is 0. The largest absolute Gasteiger partial charge is 0.454 e. The zero-order valence-electron chi connectivity index (χ0n) is 27.7. The van der Waals surface area contributed by atoms with Crippen LogP contribution in [0, 0.1) is 0 Å². The third-order valence-corrected chi connectivity index (χ3v) is 11.1. The van der Waals surface area contributed by atoms with E-state index in [0.717, 1.165) is 44.6 Å². The lowest BCUT2D eigenvalue weighted by Crippen LogP contribution is -2.10. The molecule has 2 nitrogen and oxygen atoms in total. The van der Waals surface area contributed by atoms with Crippen LogP contribution in [-0.2, 0) is 0 Å². The number of anilines is 3. The molecule has 240 valence electrons. The van der Waals surface area contributed by atoms with E-state index in [2.05, 4.69) is 187 Å². The summed E-state index contributed by atoms with van der Waals surface area (Å²) < 4.78 is 9.43. The quantitative estimate of drug-likeness (QED) is 0.175. The first-order valence-electron chi connectivity index (χ1n) is 17.3. The lowest BCUT2D eigenvalue weighted by molar-refractivity contribution is 0.669. The SMILES string of the molecule is c1ccc(-c2ccc(N(c3ccc(-c4cccc5c4sc4ccccc45)cc3)c3ccc(-c4ccccc4)c4c3oc3ccccc34)cc2)cc1. The molecule has 3 heteroatoms. The van der Waals surface area contributed by atoms with E-state index in [1.165, 1.54) is 48.0 Å². The van der Waals surface area contributed by atoms with Crippen LogP contribution in [0.5, 0.6) is 0 Å². The van der Waals surface area contributed by atoms with E-state index in [-0.39, 0.29) is 0 Å². The van der Waals surface area contributed by atoms with Crippen LogP contribution in [0.15, 0.2) is 192 Å². The molecule has 0 aliphatic heterocycles. The Balaban J connectivity index is 1.16. The van der Waals surface area contributed by atoms with Gasteiger partial charge in [0.2, 0.25) is 0 Å². The van der Waals surface area contributed by atoms with E-state index in [9.17, 15) is 0 Å². The first-order chi connectivity index (χ1) is 25.3. The highest BCUT2D eigenvalue weighted by atomic mass is 32.1. The molecule has 0 radical (unpaired) electrons. The van der Waals surface area contributed by atoms with Crippen molar-refractivity contribution < 1.29 is 4.42 Å². The molecular formula is C48H31NOS. The minimum absolute atomic E-state index is 0.865. The maximum Gasteiger partial charge on any atom is 0.160 e. The lowest BCUT2D eigenvalue weighted by Gasteiger charge is -2.26. The predicted molar refractivity (Wildman–Crippen MR) is 218 cm³/mol. The van der Waals surface area contributed by atoms with Crippen molar-refractivity contribution in [1.82, 2.24) is 0 Å². The van der Waals surface area contributed by atoms with Gasteiger partial charge in [-0.2, -0.15) is 0 Å². The summed E-state index contributed by atoms with van der Waals surface area (Å²) in [5, 5.41) is 4.85. The molecule has 0 bridgehead atoms. The van der Waals surface area contributed by atoms with Crippen LogP contribution < -0.4 is 4.90 Å². The number of thiophene rings is 1. The highest BCUT2D eigenvalue weighted by molar-refractivity contribution is 7.26. The zero-order chi connectivity index (χ0) is 33.7. The first-order valence-corrected chi connectivity index (χ1v) is 18.1. The maximum absolute atomic E-state index is 6.79. The van der Waals surface area contributed by atoms with E-state index in [1.54, 1.807) is 0 Å². The van der Waals surface area contributed by atoms with Crippen LogP contribution >= 0.6 is 11.3 Å².